The molecule has 4 nitrogen and oxygen atoms in total. The molecule has 0 aromatic carbocycles. The minimum Gasteiger partial charge on any atom is -0.330 e. The van der Waals surface area contributed by atoms with E-state index in [0.717, 1.165) is 25.9 Å². The molecule has 0 aromatic heterocycles. The molecule has 1 rings (SSSR count). The van der Waals surface area contributed by atoms with Crippen LogP contribution in [0.3, 0.4) is 0 Å². The number of hydrogen-bond donors (Lipinski definition) is 2. The van der Waals surface area contributed by atoms with Crippen LogP contribution in [0.25, 0.3) is 0 Å². The zero-order valence-electron chi connectivity index (χ0n) is 7.83. The molecule has 1 unspecified atom stereocenters. The van der Waals surface area contributed by atoms with Gasteiger partial charge in [-0.05, 0) is 38.4 Å². The van der Waals surface area contributed by atoms with E-state index in [1.165, 1.54) is 0 Å². The topological polar surface area (TPSA) is 72.2 Å². The van der Waals surface area contributed by atoms with Crippen LogP contribution >= 0.6 is 0 Å². The number of nitrogens with two attached hydrogens (primary N) is 1. The van der Waals surface area contributed by atoms with Crippen molar-refractivity contribution in [2.75, 3.05) is 31.1 Å². The summed E-state index contributed by atoms with van der Waals surface area (Å²) in [5.74, 6) is 1.06. The van der Waals surface area contributed by atoms with Gasteiger partial charge < -0.3 is 11.1 Å². The lowest BCUT2D eigenvalue weighted by Gasteiger charge is -2.08. The molecule has 1 aliphatic rings. The van der Waals surface area contributed by atoms with Crippen molar-refractivity contribution < 1.29 is 8.42 Å². The highest BCUT2D eigenvalue weighted by Crippen LogP contribution is 2.17. The fourth-order valence-electron chi connectivity index (χ4n) is 1.57. The average Bonchev–Trinajstić information content (AvgIpc) is 2.40. The normalized spacial score (nSPS) is 26.4. The first-order chi connectivity index (χ1) is 6.14. The molecule has 1 fully saturated rings. The summed E-state index contributed by atoms with van der Waals surface area (Å²) >= 11 is 0. The monoisotopic (exact) mass is 206 g/mol. The van der Waals surface area contributed by atoms with E-state index in [4.69, 9.17) is 5.73 Å². The molecule has 0 spiro atoms. The molecule has 0 amide bonds. The van der Waals surface area contributed by atoms with Crippen molar-refractivity contribution in [3.05, 3.63) is 0 Å². The Labute approximate surface area is 79.8 Å². The van der Waals surface area contributed by atoms with Gasteiger partial charge in [0.25, 0.3) is 0 Å². The van der Waals surface area contributed by atoms with Crippen molar-refractivity contribution in [2.45, 2.75) is 12.8 Å². The van der Waals surface area contributed by atoms with Gasteiger partial charge in [0.05, 0.1) is 11.5 Å². The smallest absolute Gasteiger partial charge is 0.150 e. The van der Waals surface area contributed by atoms with Crippen LogP contribution in [0.2, 0.25) is 0 Å². The van der Waals surface area contributed by atoms with E-state index in [2.05, 4.69) is 5.32 Å². The minimum atomic E-state index is -2.70. The van der Waals surface area contributed by atoms with Crippen LogP contribution < -0.4 is 11.1 Å². The van der Waals surface area contributed by atoms with Gasteiger partial charge in [-0.25, -0.2) is 8.42 Å². The second kappa shape index (κ2) is 4.93. The third-order valence-corrected chi connectivity index (χ3v) is 4.15. The van der Waals surface area contributed by atoms with Crippen LogP contribution in [0.5, 0.6) is 0 Å². The van der Waals surface area contributed by atoms with Crippen molar-refractivity contribution in [1.82, 2.24) is 5.32 Å². The van der Waals surface area contributed by atoms with E-state index in [-0.39, 0.29) is 0 Å². The quantitative estimate of drug-likeness (QED) is 0.587. The van der Waals surface area contributed by atoms with Crippen LogP contribution in [0, 0.1) is 5.92 Å². The molecule has 1 heterocycles. The highest BCUT2D eigenvalue weighted by Gasteiger charge is 2.26. The van der Waals surface area contributed by atoms with Gasteiger partial charge in [0.1, 0.15) is 0 Å². The Balaban J connectivity index is 2.11. The predicted octanol–water partition coefficient (Wildman–Crippen LogP) is -0.640. The lowest BCUT2D eigenvalue weighted by Crippen LogP contribution is -2.25. The summed E-state index contributed by atoms with van der Waals surface area (Å²) in [5.41, 5.74) is 5.33. The molecule has 1 aliphatic heterocycles. The Morgan fingerprint density at radius 1 is 1.46 bits per heavy atom. The van der Waals surface area contributed by atoms with Crippen molar-refractivity contribution in [3.63, 3.8) is 0 Å². The molecule has 5 heteroatoms. The predicted molar refractivity (Wildman–Crippen MR) is 53.3 cm³/mol. The third kappa shape index (κ3) is 4.06. The summed E-state index contributed by atoms with van der Waals surface area (Å²) < 4.78 is 22.2. The van der Waals surface area contributed by atoms with E-state index < -0.39 is 9.84 Å². The van der Waals surface area contributed by atoms with Gasteiger partial charge >= 0.3 is 0 Å². The SMILES string of the molecule is NCCCNCC1CCS(=O)(=O)C1. The zero-order valence-corrected chi connectivity index (χ0v) is 8.65. The molecular weight excluding hydrogens is 188 g/mol. The number of rotatable bonds is 5. The largest absolute Gasteiger partial charge is 0.330 e. The van der Waals surface area contributed by atoms with Crippen LogP contribution in [0.1, 0.15) is 12.8 Å². The molecule has 3 N–H and O–H groups in total. The second-order valence-electron chi connectivity index (χ2n) is 3.62. The molecular formula is C8H18N2O2S. The fraction of sp³-hybridized carbons (Fsp3) is 1.00. The number of sulfone groups is 1. The standard InChI is InChI=1S/C8H18N2O2S/c9-3-1-4-10-6-8-2-5-13(11,12)7-8/h8,10H,1-7,9H2. The van der Waals surface area contributed by atoms with Gasteiger partial charge in [0.15, 0.2) is 9.84 Å². The molecule has 0 bridgehead atoms. The number of nitrogens with one attached hydrogen (secondary N) is 1. The Hall–Kier alpha value is -0.130. The first-order valence-electron chi connectivity index (χ1n) is 4.75. The summed E-state index contributed by atoms with van der Waals surface area (Å²) in [6, 6.07) is 0. The van der Waals surface area contributed by atoms with Gasteiger partial charge in [-0.15, -0.1) is 0 Å². The van der Waals surface area contributed by atoms with Crippen LogP contribution in [-0.2, 0) is 9.84 Å². The molecule has 78 valence electrons. The molecule has 0 aliphatic carbocycles. The van der Waals surface area contributed by atoms with Crippen molar-refractivity contribution in [3.8, 4) is 0 Å². The maximum Gasteiger partial charge on any atom is 0.150 e. The first kappa shape index (κ1) is 10.9. The molecule has 13 heavy (non-hydrogen) atoms. The molecule has 0 aromatic rings. The summed E-state index contributed by atoms with van der Waals surface area (Å²) in [4.78, 5) is 0. The summed E-state index contributed by atoms with van der Waals surface area (Å²) in [5, 5.41) is 3.22. The van der Waals surface area contributed by atoms with Crippen molar-refractivity contribution >= 4 is 9.84 Å². The average molecular weight is 206 g/mol. The third-order valence-electron chi connectivity index (χ3n) is 2.32. The molecule has 1 saturated heterocycles. The Morgan fingerprint density at radius 2 is 2.23 bits per heavy atom. The lowest BCUT2D eigenvalue weighted by atomic mass is 10.1. The summed E-state index contributed by atoms with van der Waals surface area (Å²) in [7, 11) is -2.70. The lowest BCUT2D eigenvalue weighted by molar-refractivity contribution is 0.516. The van der Waals surface area contributed by atoms with E-state index in [1.54, 1.807) is 0 Å². The summed E-state index contributed by atoms with van der Waals surface area (Å²) in [6.07, 6.45) is 1.78. The van der Waals surface area contributed by atoms with Gasteiger partial charge in [-0.3, -0.25) is 0 Å². The van der Waals surface area contributed by atoms with Crippen LogP contribution in [-0.4, -0.2) is 39.6 Å². The molecule has 1 atom stereocenters. The Kier molecular flexibility index (Phi) is 4.15. The highest BCUT2D eigenvalue weighted by molar-refractivity contribution is 7.91. The van der Waals surface area contributed by atoms with Gasteiger partial charge in [-0.2, -0.15) is 0 Å². The van der Waals surface area contributed by atoms with Gasteiger partial charge in [-0.1, -0.05) is 0 Å². The first-order valence-corrected chi connectivity index (χ1v) is 6.57. The maximum absolute atomic E-state index is 11.1. The van der Waals surface area contributed by atoms with E-state index in [1.807, 2.05) is 0 Å². The maximum atomic E-state index is 11.1. The van der Waals surface area contributed by atoms with Gasteiger partial charge in [0.2, 0.25) is 0 Å². The van der Waals surface area contributed by atoms with E-state index in [0.29, 0.717) is 24.0 Å². The molecule has 0 saturated carbocycles. The van der Waals surface area contributed by atoms with Crippen LogP contribution in [0.4, 0.5) is 0 Å². The molecule has 0 radical (unpaired) electrons. The Bertz CT molecular complexity index is 239. The summed E-state index contributed by atoms with van der Waals surface area (Å²) in [6.45, 7) is 2.41. The zero-order chi connectivity index (χ0) is 9.73. The van der Waals surface area contributed by atoms with Crippen molar-refractivity contribution in [1.29, 1.82) is 0 Å². The van der Waals surface area contributed by atoms with Gasteiger partial charge in [0, 0.05) is 0 Å². The Morgan fingerprint density at radius 3 is 2.77 bits per heavy atom. The van der Waals surface area contributed by atoms with Crippen LogP contribution in [0.15, 0.2) is 0 Å². The van der Waals surface area contributed by atoms with Crippen molar-refractivity contribution in [2.24, 2.45) is 11.7 Å². The minimum absolute atomic E-state index is 0.322. The fourth-order valence-corrected chi connectivity index (χ4v) is 3.43. The second-order valence-corrected chi connectivity index (χ2v) is 5.84. The van der Waals surface area contributed by atoms with E-state index in [9.17, 15) is 8.42 Å². The van der Waals surface area contributed by atoms with E-state index >= 15 is 0 Å². The highest BCUT2D eigenvalue weighted by atomic mass is 32.2. The number of hydrogen-bond acceptors (Lipinski definition) is 4.